The first-order valence-electron chi connectivity index (χ1n) is 9.31. The molecule has 1 unspecified atom stereocenters. The van der Waals surface area contributed by atoms with Crippen LogP contribution in [0.25, 0.3) is 0 Å². The number of β-amino-alcohol motifs (C(OH)–C–C–N with tert-alkyl or cyclic N) is 1. The maximum Gasteiger partial charge on any atom is 0.274 e. The summed E-state index contributed by atoms with van der Waals surface area (Å²) in [5, 5.41) is 19.3. The molecule has 0 aromatic carbocycles. The van der Waals surface area contributed by atoms with Crippen molar-refractivity contribution < 1.29 is 14.4 Å². The largest absolute Gasteiger partial charge is 0.388 e. The summed E-state index contributed by atoms with van der Waals surface area (Å²) in [5.41, 5.74) is 1.78. The smallest absolute Gasteiger partial charge is 0.274 e. The van der Waals surface area contributed by atoms with Gasteiger partial charge < -0.3 is 14.5 Å². The molecule has 1 amide bonds. The highest BCUT2D eigenvalue weighted by atomic mass is 16.5. The van der Waals surface area contributed by atoms with E-state index in [1.807, 2.05) is 11.7 Å². The number of carbonyl (C=O) groups is 1. The SMILES string of the molecule is Cc1noc(CC2(O)CCCN(C(=O)c3nn(C)c4c3CCCC4)C2)n1. The highest BCUT2D eigenvalue weighted by Gasteiger charge is 2.38. The summed E-state index contributed by atoms with van der Waals surface area (Å²) < 4.78 is 7.00. The van der Waals surface area contributed by atoms with Gasteiger partial charge in [0.05, 0.1) is 18.6 Å². The fourth-order valence-electron chi connectivity index (χ4n) is 4.22. The number of aromatic nitrogens is 4. The molecule has 1 aliphatic heterocycles. The summed E-state index contributed by atoms with van der Waals surface area (Å²) >= 11 is 0. The van der Waals surface area contributed by atoms with E-state index in [4.69, 9.17) is 4.52 Å². The average molecular weight is 359 g/mol. The predicted molar refractivity (Wildman–Crippen MR) is 92.7 cm³/mol. The minimum Gasteiger partial charge on any atom is -0.388 e. The first kappa shape index (κ1) is 17.2. The maximum absolute atomic E-state index is 13.1. The lowest BCUT2D eigenvalue weighted by atomic mass is 9.89. The fraction of sp³-hybridized carbons (Fsp3) is 0.667. The van der Waals surface area contributed by atoms with Gasteiger partial charge >= 0.3 is 0 Å². The summed E-state index contributed by atoms with van der Waals surface area (Å²) in [5.74, 6) is 0.880. The number of nitrogens with zero attached hydrogens (tertiary/aromatic N) is 5. The van der Waals surface area contributed by atoms with Gasteiger partial charge in [-0.3, -0.25) is 9.48 Å². The number of hydrogen-bond acceptors (Lipinski definition) is 6. The van der Waals surface area contributed by atoms with E-state index in [-0.39, 0.29) is 18.9 Å². The van der Waals surface area contributed by atoms with Crippen LogP contribution >= 0.6 is 0 Å². The summed E-state index contributed by atoms with van der Waals surface area (Å²) in [6.07, 6.45) is 5.74. The van der Waals surface area contributed by atoms with Gasteiger partial charge in [0.25, 0.3) is 5.91 Å². The normalized spacial score (nSPS) is 23.1. The molecule has 0 radical (unpaired) electrons. The molecule has 0 bridgehead atoms. The second kappa shape index (κ2) is 6.50. The van der Waals surface area contributed by atoms with Crippen molar-refractivity contribution in [1.29, 1.82) is 0 Å². The van der Waals surface area contributed by atoms with Crippen LogP contribution in [-0.2, 0) is 26.3 Å². The molecule has 140 valence electrons. The Morgan fingerprint density at radius 1 is 1.31 bits per heavy atom. The van der Waals surface area contributed by atoms with Gasteiger partial charge in [0.2, 0.25) is 5.89 Å². The minimum atomic E-state index is -1.04. The van der Waals surface area contributed by atoms with Crippen LogP contribution < -0.4 is 0 Å². The molecular weight excluding hydrogens is 334 g/mol. The van der Waals surface area contributed by atoms with Crippen LogP contribution in [-0.4, -0.2) is 54.5 Å². The van der Waals surface area contributed by atoms with Crippen molar-refractivity contribution >= 4 is 5.91 Å². The third-order valence-corrected chi connectivity index (χ3v) is 5.46. The van der Waals surface area contributed by atoms with Gasteiger partial charge in [0, 0.05) is 24.8 Å². The van der Waals surface area contributed by atoms with Crippen LogP contribution in [0.4, 0.5) is 0 Å². The van der Waals surface area contributed by atoms with E-state index in [0.717, 1.165) is 37.7 Å². The lowest BCUT2D eigenvalue weighted by Gasteiger charge is -2.38. The molecule has 26 heavy (non-hydrogen) atoms. The van der Waals surface area contributed by atoms with Crippen LogP contribution in [0.2, 0.25) is 0 Å². The molecule has 3 heterocycles. The highest BCUT2D eigenvalue weighted by Crippen LogP contribution is 2.29. The van der Waals surface area contributed by atoms with E-state index < -0.39 is 5.60 Å². The molecule has 1 saturated heterocycles. The predicted octanol–water partition coefficient (Wildman–Crippen LogP) is 1.20. The Morgan fingerprint density at radius 3 is 2.88 bits per heavy atom. The average Bonchev–Trinajstić information content (AvgIpc) is 3.17. The van der Waals surface area contributed by atoms with E-state index in [9.17, 15) is 9.90 Å². The van der Waals surface area contributed by atoms with E-state index in [2.05, 4.69) is 15.2 Å². The summed E-state index contributed by atoms with van der Waals surface area (Å²) in [7, 11) is 1.91. The third-order valence-electron chi connectivity index (χ3n) is 5.46. The van der Waals surface area contributed by atoms with Crippen molar-refractivity contribution in [3.05, 3.63) is 28.7 Å². The molecular formula is C18H25N5O3. The molecule has 0 saturated carbocycles. The van der Waals surface area contributed by atoms with Gasteiger partial charge in [-0.2, -0.15) is 10.1 Å². The van der Waals surface area contributed by atoms with Gasteiger partial charge in [0.15, 0.2) is 11.5 Å². The molecule has 1 aliphatic carbocycles. The van der Waals surface area contributed by atoms with Gasteiger partial charge in [-0.05, 0) is 45.4 Å². The standard InChI is InChI=1S/C18H25N5O3/c1-12-19-15(26-21-12)10-18(25)8-5-9-23(11-18)17(24)16-13-6-3-4-7-14(13)22(2)20-16/h25H,3-11H2,1-2H3. The number of likely N-dealkylation sites (tertiary alicyclic amines) is 1. The number of rotatable bonds is 3. The number of piperidine rings is 1. The fourth-order valence-corrected chi connectivity index (χ4v) is 4.22. The molecule has 2 aromatic rings. The zero-order valence-electron chi connectivity index (χ0n) is 15.4. The van der Waals surface area contributed by atoms with Crippen LogP contribution in [0.1, 0.15) is 59.1 Å². The van der Waals surface area contributed by atoms with Crippen LogP contribution in [0.15, 0.2) is 4.52 Å². The number of aryl methyl sites for hydroxylation is 2. The lowest BCUT2D eigenvalue weighted by Crippen LogP contribution is -2.51. The van der Waals surface area contributed by atoms with Crippen molar-refractivity contribution in [2.24, 2.45) is 7.05 Å². The summed E-state index contributed by atoms with van der Waals surface area (Å²) in [4.78, 5) is 19.0. The van der Waals surface area contributed by atoms with Gasteiger partial charge in [-0.15, -0.1) is 0 Å². The highest BCUT2D eigenvalue weighted by molar-refractivity contribution is 5.94. The first-order chi connectivity index (χ1) is 12.5. The third kappa shape index (κ3) is 3.13. The quantitative estimate of drug-likeness (QED) is 0.884. The molecule has 1 N–H and O–H groups in total. The summed E-state index contributed by atoms with van der Waals surface area (Å²) in [6.45, 7) is 2.64. The van der Waals surface area contributed by atoms with E-state index in [1.54, 1.807) is 11.8 Å². The number of amides is 1. The molecule has 8 heteroatoms. The van der Waals surface area contributed by atoms with Crippen LogP contribution in [0.5, 0.6) is 0 Å². The maximum atomic E-state index is 13.1. The molecule has 8 nitrogen and oxygen atoms in total. The zero-order chi connectivity index (χ0) is 18.3. The van der Waals surface area contributed by atoms with Crippen molar-refractivity contribution in [2.75, 3.05) is 13.1 Å². The Bertz CT molecular complexity index is 827. The number of carbonyl (C=O) groups excluding carboxylic acids is 1. The Labute approximate surface area is 152 Å². The second-order valence-electron chi connectivity index (χ2n) is 7.57. The van der Waals surface area contributed by atoms with Crippen molar-refractivity contribution in [3.8, 4) is 0 Å². The molecule has 1 atom stereocenters. The Kier molecular flexibility index (Phi) is 4.30. The van der Waals surface area contributed by atoms with E-state index in [0.29, 0.717) is 30.4 Å². The van der Waals surface area contributed by atoms with Crippen LogP contribution in [0.3, 0.4) is 0 Å². The van der Waals surface area contributed by atoms with Gasteiger partial charge in [-0.25, -0.2) is 0 Å². The topological polar surface area (TPSA) is 97.3 Å². The van der Waals surface area contributed by atoms with E-state index in [1.165, 1.54) is 5.69 Å². The zero-order valence-corrected chi connectivity index (χ0v) is 15.4. The van der Waals surface area contributed by atoms with Gasteiger partial charge in [-0.1, -0.05) is 5.16 Å². The summed E-state index contributed by atoms with van der Waals surface area (Å²) in [6, 6.07) is 0. The molecule has 4 rings (SSSR count). The number of aliphatic hydroxyl groups is 1. The monoisotopic (exact) mass is 359 g/mol. The Morgan fingerprint density at radius 2 is 2.12 bits per heavy atom. The minimum absolute atomic E-state index is 0.0800. The molecule has 0 spiro atoms. The molecule has 1 fully saturated rings. The number of fused-ring (bicyclic) bond motifs is 1. The Hall–Kier alpha value is -2.22. The Balaban J connectivity index is 1.53. The number of hydrogen-bond donors (Lipinski definition) is 1. The lowest BCUT2D eigenvalue weighted by molar-refractivity contribution is -0.0288. The van der Waals surface area contributed by atoms with E-state index >= 15 is 0 Å². The van der Waals surface area contributed by atoms with Crippen LogP contribution in [0, 0.1) is 6.92 Å². The molecule has 2 aliphatic rings. The van der Waals surface area contributed by atoms with Crippen molar-refractivity contribution in [2.45, 2.75) is 57.5 Å². The first-order valence-corrected chi connectivity index (χ1v) is 9.31. The molecule has 2 aromatic heterocycles. The van der Waals surface area contributed by atoms with Crippen molar-refractivity contribution in [3.63, 3.8) is 0 Å². The van der Waals surface area contributed by atoms with Gasteiger partial charge in [0.1, 0.15) is 0 Å². The van der Waals surface area contributed by atoms with Crippen molar-refractivity contribution in [1.82, 2.24) is 24.8 Å². The second-order valence-corrected chi connectivity index (χ2v) is 7.57.